The monoisotopic (exact) mass is 181 g/mol. The van der Waals surface area contributed by atoms with Crippen molar-refractivity contribution in [1.82, 2.24) is 9.88 Å². The van der Waals surface area contributed by atoms with Crippen LogP contribution in [0.5, 0.6) is 0 Å². The average Bonchev–Trinajstić information content (AvgIpc) is 2.55. The van der Waals surface area contributed by atoms with Gasteiger partial charge in [0.25, 0.3) is 0 Å². The first kappa shape index (κ1) is 9.17. The van der Waals surface area contributed by atoms with Crippen LogP contribution in [0.25, 0.3) is 0 Å². The van der Waals surface area contributed by atoms with Crippen molar-refractivity contribution in [3.05, 3.63) is 16.6 Å². The highest BCUT2D eigenvalue weighted by molar-refractivity contribution is 7.09. The molecule has 1 atom stereocenters. The summed E-state index contributed by atoms with van der Waals surface area (Å²) in [6.07, 6.45) is 1.84. The zero-order valence-electron chi connectivity index (χ0n) is 7.19. The third-order valence-corrected chi connectivity index (χ3v) is 2.50. The van der Waals surface area contributed by atoms with Gasteiger partial charge in [0.1, 0.15) is 0 Å². The lowest BCUT2D eigenvalue weighted by molar-refractivity contribution is 0.297. The van der Waals surface area contributed by atoms with E-state index in [0.29, 0.717) is 0 Å². The molecule has 64 valence electrons. The first-order chi connectivity index (χ1) is 5.74. The summed E-state index contributed by atoms with van der Waals surface area (Å²) in [5.74, 6) is 0. The molecular weight excluding hydrogens is 170 g/mol. The highest BCUT2D eigenvalue weighted by Gasteiger charge is 2.08. The first-order valence-electron chi connectivity index (χ1n) is 3.71. The lowest BCUT2D eigenvalue weighted by atomic mass is 10.3. The van der Waals surface area contributed by atoms with E-state index in [1.165, 1.54) is 4.88 Å². The van der Waals surface area contributed by atoms with Crippen LogP contribution in [0, 0.1) is 11.3 Å². The van der Waals surface area contributed by atoms with E-state index in [9.17, 15) is 0 Å². The van der Waals surface area contributed by atoms with Crippen molar-refractivity contribution < 1.29 is 0 Å². The minimum absolute atomic E-state index is 0.0351. The van der Waals surface area contributed by atoms with Gasteiger partial charge in [0.05, 0.1) is 17.6 Å². The van der Waals surface area contributed by atoms with E-state index in [0.717, 1.165) is 6.54 Å². The Bertz CT molecular complexity index is 262. The molecule has 0 N–H and O–H groups in total. The Kier molecular flexibility index (Phi) is 3.20. The third kappa shape index (κ3) is 2.29. The Labute approximate surface area is 76.3 Å². The van der Waals surface area contributed by atoms with Gasteiger partial charge in [0.15, 0.2) is 0 Å². The zero-order chi connectivity index (χ0) is 8.97. The number of aromatic nitrogens is 1. The fraction of sp³-hybridized carbons (Fsp3) is 0.500. The quantitative estimate of drug-likeness (QED) is 0.709. The molecule has 1 heterocycles. The molecule has 1 aromatic rings. The molecule has 0 saturated carbocycles. The van der Waals surface area contributed by atoms with Crippen LogP contribution in [0.4, 0.5) is 0 Å². The van der Waals surface area contributed by atoms with E-state index in [4.69, 9.17) is 5.26 Å². The Morgan fingerprint density at radius 1 is 1.83 bits per heavy atom. The maximum Gasteiger partial charge on any atom is 0.0950 e. The van der Waals surface area contributed by atoms with Crippen LogP contribution >= 0.6 is 11.3 Å². The minimum atomic E-state index is -0.0351. The fourth-order valence-electron chi connectivity index (χ4n) is 0.802. The zero-order valence-corrected chi connectivity index (χ0v) is 8.01. The van der Waals surface area contributed by atoms with Gasteiger partial charge >= 0.3 is 0 Å². The summed E-state index contributed by atoms with van der Waals surface area (Å²) in [5.41, 5.74) is 1.81. The van der Waals surface area contributed by atoms with Gasteiger partial charge in [-0.25, -0.2) is 0 Å². The molecule has 0 aliphatic heterocycles. The second kappa shape index (κ2) is 4.19. The molecule has 0 radical (unpaired) electrons. The molecule has 0 aliphatic carbocycles. The standard InChI is InChI=1S/C8H11N3S/c1-7(3-9)11(2)5-8-4-10-6-12-8/h4,6-7H,5H2,1-2H3. The summed E-state index contributed by atoms with van der Waals surface area (Å²) < 4.78 is 0. The average molecular weight is 181 g/mol. The third-order valence-electron chi connectivity index (χ3n) is 1.74. The van der Waals surface area contributed by atoms with E-state index in [-0.39, 0.29) is 6.04 Å². The molecule has 0 spiro atoms. The molecule has 0 bridgehead atoms. The molecule has 0 aliphatic rings. The van der Waals surface area contributed by atoms with E-state index >= 15 is 0 Å². The maximum absolute atomic E-state index is 8.63. The van der Waals surface area contributed by atoms with E-state index in [2.05, 4.69) is 11.1 Å². The smallest absolute Gasteiger partial charge is 0.0950 e. The van der Waals surface area contributed by atoms with Gasteiger partial charge in [0, 0.05) is 17.6 Å². The second-order valence-corrected chi connectivity index (χ2v) is 3.66. The summed E-state index contributed by atoms with van der Waals surface area (Å²) in [7, 11) is 1.94. The molecular formula is C8H11N3S. The SMILES string of the molecule is CC(C#N)N(C)Cc1cncs1. The molecule has 0 amide bonds. The molecule has 0 saturated heterocycles. The number of rotatable bonds is 3. The van der Waals surface area contributed by atoms with Crippen molar-refractivity contribution in [2.75, 3.05) is 7.05 Å². The van der Waals surface area contributed by atoms with Crippen LogP contribution in [0.15, 0.2) is 11.7 Å². The molecule has 3 nitrogen and oxygen atoms in total. The van der Waals surface area contributed by atoms with Crippen molar-refractivity contribution in [2.24, 2.45) is 0 Å². The van der Waals surface area contributed by atoms with Crippen molar-refractivity contribution in [3.63, 3.8) is 0 Å². The topological polar surface area (TPSA) is 39.9 Å². The number of nitrogens with zero attached hydrogens (tertiary/aromatic N) is 3. The van der Waals surface area contributed by atoms with Gasteiger partial charge in [-0.05, 0) is 14.0 Å². The van der Waals surface area contributed by atoms with Crippen LogP contribution in [0.3, 0.4) is 0 Å². The summed E-state index contributed by atoms with van der Waals surface area (Å²) in [5, 5.41) is 8.63. The van der Waals surface area contributed by atoms with E-state index < -0.39 is 0 Å². The van der Waals surface area contributed by atoms with Crippen molar-refractivity contribution in [2.45, 2.75) is 19.5 Å². The lowest BCUT2D eigenvalue weighted by Gasteiger charge is -2.16. The van der Waals surface area contributed by atoms with E-state index in [1.54, 1.807) is 16.8 Å². The van der Waals surface area contributed by atoms with Crippen LogP contribution in [0.1, 0.15) is 11.8 Å². The number of nitriles is 1. The molecule has 0 aromatic carbocycles. The Hall–Kier alpha value is -0.920. The predicted octanol–water partition coefficient (Wildman–Crippen LogP) is 1.49. The Balaban J connectivity index is 2.48. The van der Waals surface area contributed by atoms with Crippen molar-refractivity contribution >= 4 is 11.3 Å². The highest BCUT2D eigenvalue weighted by atomic mass is 32.1. The van der Waals surface area contributed by atoms with Gasteiger partial charge in [-0.15, -0.1) is 11.3 Å². The first-order valence-corrected chi connectivity index (χ1v) is 4.59. The molecule has 1 unspecified atom stereocenters. The van der Waals surface area contributed by atoms with Gasteiger partial charge < -0.3 is 0 Å². The van der Waals surface area contributed by atoms with Gasteiger partial charge in [-0.1, -0.05) is 0 Å². The van der Waals surface area contributed by atoms with Crippen LogP contribution in [0.2, 0.25) is 0 Å². The van der Waals surface area contributed by atoms with Gasteiger partial charge in [0.2, 0.25) is 0 Å². The molecule has 0 fully saturated rings. The molecule has 1 aromatic heterocycles. The van der Waals surface area contributed by atoms with E-state index in [1.807, 2.05) is 25.1 Å². The van der Waals surface area contributed by atoms with Crippen LogP contribution in [-0.2, 0) is 6.54 Å². The van der Waals surface area contributed by atoms with Gasteiger partial charge in [-0.3, -0.25) is 9.88 Å². The number of hydrogen-bond acceptors (Lipinski definition) is 4. The molecule has 12 heavy (non-hydrogen) atoms. The van der Waals surface area contributed by atoms with Crippen molar-refractivity contribution in [3.8, 4) is 6.07 Å². The van der Waals surface area contributed by atoms with Gasteiger partial charge in [-0.2, -0.15) is 5.26 Å². The predicted molar refractivity (Wildman–Crippen MR) is 48.7 cm³/mol. The fourth-order valence-corrected chi connectivity index (χ4v) is 1.46. The minimum Gasteiger partial charge on any atom is -0.286 e. The lowest BCUT2D eigenvalue weighted by Crippen LogP contribution is -2.26. The second-order valence-electron chi connectivity index (χ2n) is 2.69. The Morgan fingerprint density at radius 2 is 2.58 bits per heavy atom. The number of hydrogen-bond donors (Lipinski definition) is 0. The highest BCUT2D eigenvalue weighted by Crippen LogP contribution is 2.09. The van der Waals surface area contributed by atoms with Crippen LogP contribution in [-0.4, -0.2) is 23.0 Å². The summed E-state index contributed by atoms with van der Waals surface area (Å²) in [4.78, 5) is 7.16. The summed E-state index contributed by atoms with van der Waals surface area (Å²) in [6.45, 7) is 2.69. The largest absolute Gasteiger partial charge is 0.286 e. The van der Waals surface area contributed by atoms with Crippen molar-refractivity contribution in [1.29, 1.82) is 5.26 Å². The molecule has 4 heteroatoms. The summed E-state index contributed by atoms with van der Waals surface area (Å²) in [6, 6.07) is 2.15. The van der Waals surface area contributed by atoms with Crippen LogP contribution < -0.4 is 0 Å². The normalized spacial score (nSPS) is 12.8. The maximum atomic E-state index is 8.63. The molecule has 1 rings (SSSR count). The summed E-state index contributed by atoms with van der Waals surface area (Å²) >= 11 is 1.62. The number of thiazole rings is 1. The Morgan fingerprint density at radius 3 is 3.08 bits per heavy atom.